The zero-order chi connectivity index (χ0) is 14.2. The van der Waals surface area contributed by atoms with Crippen LogP contribution in [0.25, 0.3) is 16.9 Å². The number of imidazole rings is 1. The number of benzene rings is 1. The van der Waals surface area contributed by atoms with E-state index in [-0.39, 0.29) is 5.54 Å². The van der Waals surface area contributed by atoms with Crippen molar-refractivity contribution in [2.75, 3.05) is 0 Å². The van der Waals surface area contributed by atoms with E-state index in [1.807, 2.05) is 41.5 Å². The molecule has 0 saturated carbocycles. The van der Waals surface area contributed by atoms with Crippen LogP contribution in [0.2, 0.25) is 0 Å². The van der Waals surface area contributed by atoms with E-state index in [1.54, 1.807) is 0 Å². The van der Waals surface area contributed by atoms with Crippen molar-refractivity contribution < 1.29 is 0 Å². The largest absolute Gasteiger partial charge is 0.310 e. The van der Waals surface area contributed by atoms with Gasteiger partial charge in [0.05, 0.1) is 5.52 Å². The van der Waals surface area contributed by atoms with Crippen LogP contribution >= 0.6 is 0 Å². The summed E-state index contributed by atoms with van der Waals surface area (Å²) >= 11 is 0. The minimum absolute atomic E-state index is 0.0404. The number of nitrogens with zero attached hydrogens (tertiary/aromatic N) is 4. The third-order valence-electron chi connectivity index (χ3n) is 3.75. The summed E-state index contributed by atoms with van der Waals surface area (Å²) in [4.78, 5) is 4.49. The van der Waals surface area contributed by atoms with E-state index in [1.165, 1.54) is 0 Å². The number of fused-ring (bicyclic) bond motifs is 1. The Morgan fingerprint density at radius 1 is 1.20 bits per heavy atom. The zero-order valence-corrected chi connectivity index (χ0v) is 12.2. The Bertz CT molecular complexity index is 688. The Morgan fingerprint density at radius 3 is 2.75 bits per heavy atom. The second-order valence-corrected chi connectivity index (χ2v) is 5.79. The predicted molar refractivity (Wildman–Crippen MR) is 81.1 cm³/mol. The van der Waals surface area contributed by atoms with E-state index in [0.29, 0.717) is 0 Å². The molecule has 104 valence electrons. The van der Waals surface area contributed by atoms with E-state index in [2.05, 4.69) is 41.5 Å². The lowest BCUT2D eigenvalue weighted by molar-refractivity contribution is 0.319. The van der Waals surface area contributed by atoms with Crippen LogP contribution in [0, 0.1) is 0 Å². The fraction of sp³-hybridized carbons (Fsp3) is 0.375. The fourth-order valence-corrected chi connectivity index (χ4v) is 2.74. The second-order valence-electron chi connectivity index (χ2n) is 5.79. The zero-order valence-electron chi connectivity index (χ0n) is 12.2. The molecule has 2 aromatic heterocycles. The molecule has 0 aliphatic rings. The molecule has 1 aromatic carbocycles. The lowest BCUT2D eigenvalue weighted by Crippen LogP contribution is -2.27. The molecule has 3 rings (SSSR count). The van der Waals surface area contributed by atoms with Gasteiger partial charge in [0, 0.05) is 29.5 Å². The highest BCUT2D eigenvalue weighted by atomic mass is 15.4. The Kier molecular flexibility index (Phi) is 3.08. The number of hydrogen-bond acceptors (Lipinski definition) is 2. The molecule has 0 amide bonds. The maximum Gasteiger partial charge on any atom is 0.231 e. The molecule has 4 heteroatoms. The first-order valence-corrected chi connectivity index (χ1v) is 7.10. The third-order valence-corrected chi connectivity index (χ3v) is 3.75. The molecule has 3 aromatic rings. The Hall–Kier alpha value is -2.10. The maximum atomic E-state index is 4.62. The highest BCUT2D eigenvalue weighted by Crippen LogP contribution is 2.25. The normalized spacial score (nSPS) is 12.2. The molecule has 2 heterocycles. The first-order chi connectivity index (χ1) is 9.62. The van der Waals surface area contributed by atoms with Gasteiger partial charge in [-0.1, -0.05) is 31.5 Å². The van der Waals surface area contributed by atoms with E-state index in [9.17, 15) is 0 Å². The minimum atomic E-state index is 0.0404. The van der Waals surface area contributed by atoms with Gasteiger partial charge in [0.15, 0.2) is 0 Å². The summed E-state index contributed by atoms with van der Waals surface area (Å²) in [6.45, 7) is 6.69. The van der Waals surface area contributed by atoms with Gasteiger partial charge in [0.1, 0.15) is 0 Å². The van der Waals surface area contributed by atoms with Gasteiger partial charge in [-0.15, -0.1) is 0 Å². The summed E-state index contributed by atoms with van der Waals surface area (Å²) in [5.41, 5.74) is 1.04. The van der Waals surface area contributed by atoms with Crippen LogP contribution < -0.4 is 0 Å². The van der Waals surface area contributed by atoms with E-state index in [4.69, 9.17) is 0 Å². The fourth-order valence-electron chi connectivity index (χ4n) is 2.74. The first kappa shape index (κ1) is 12.9. The lowest BCUT2D eigenvalue weighted by Gasteiger charge is -2.27. The molecule has 20 heavy (non-hydrogen) atoms. The molecule has 0 atom stereocenters. The lowest BCUT2D eigenvalue weighted by atomic mass is 9.99. The summed E-state index contributed by atoms with van der Waals surface area (Å²) in [6, 6.07) is 8.13. The maximum absolute atomic E-state index is 4.62. The molecule has 0 radical (unpaired) electrons. The molecule has 0 saturated heterocycles. The smallest absolute Gasteiger partial charge is 0.231 e. The van der Waals surface area contributed by atoms with Crippen molar-refractivity contribution >= 4 is 10.9 Å². The van der Waals surface area contributed by atoms with Crippen molar-refractivity contribution in [1.82, 2.24) is 19.3 Å². The summed E-state index contributed by atoms with van der Waals surface area (Å²) in [5, 5.41) is 5.76. The van der Waals surface area contributed by atoms with Gasteiger partial charge in [-0.3, -0.25) is 0 Å². The topological polar surface area (TPSA) is 35.6 Å². The highest BCUT2D eigenvalue weighted by molar-refractivity contribution is 5.78. The molecule has 0 aliphatic carbocycles. The molecule has 0 N–H and O–H groups in total. The van der Waals surface area contributed by atoms with Crippen molar-refractivity contribution in [3.63, 3.8) is 0 Å². The van der Waals surface area contributed by atoms with Crippen LogP contribution in [0.3, 0.4) is 0 Å². The van der Waals surface area contributed by atoms with Gasteiger partial charge < -0.3 is 4.57 Å². The van der Waals surface area contributed by atoms with Crippen molar-refractivity contribution in [3.8, 4) is 5.95 Å². The number of hydrogen-bond donors (Lipinski definition) is 0. The average molecular weight is 268 g/mol. The Balaban J connectivity index is 2.09. The number of aromatic nitrogens is 4. The van der Waals surface area contributed by atoms with Crippen LogP contribution in [0.4, 0.5) is 0 Å². The molecule has 0 fully saturated rings. The van der Waals surface area contributed by atoms with E-state index in [0.717, 1.165) is 29.7 Å². The van der Waals surface area contributed by atoms with Crippen LogP contribution in [-0.4, -0.2) is 19.3 Å². The molecule has 0 bridgehead atoms. The standard InChI is InChI=1S/C16H20N4/c1-4-9-16(2,3)19-11-10-17-15(19)20-12-13-7-5-6-8-14(13)18-20/h5-8,10-12H,4,9H2,1-3H3. The van der Waals surface area contributed by atoms with Gasteiger partial charge in [0.2, 0.25) is 5.95 Å². The second kappa shape index (κ2) is 4.78. The Morgan fingerprint density at radius 2 is 2.00 bits per heavy atom. The summed E-state index contributed by atoms with van der Waals surface area (Å²) in [7, 11) is 0. The molecular weight excluding hydrogens is 248 g/mol. The van der Waals surface area contributed by atoms with Gasteiger partial charge >= 0.3 is 0 Å². The van der Waals surface area contributed by atoms with Crippen LogP contribution in [0.15, 0.2) is 42.9 Å². The van der Waals surface area contributed by atoms with Crippen LogP contribution in [0.5, 0.6) is 0 Å². The van der Waals surface area contributed by atoms with Gasteiger partial charge in [-0.05, 0) is 26.3 Å². The summed E-state index contributed by atoms with van der Waals surface area (Å²) in [6.07, 6.45) is 8.18. The monoisotopic (exact) mass is 268 g/mol. The predicted octanol–water partition coefficient (Wildman–Crippen LogP) is 3.76. The quantitative estimate of drug-likeness (QED) is 0.722. The number of rotatable bonds is 4. The van der Waals surface area contributed by atoms with Crippen molar-refractivity contribution in [2.24, 2.45) is 0 Å². The van der Waals surface area contributed by atoms with E-state index < -0.39 is 0 Å². The minimum Gasteiger partial charge on any atom is -0.310 e. The summed E-state index contributed by atoms with van der Waals surface area (Å²) in [5.74, 6) is 0.875. The van der Waals surface area contributed by atoms with E-state index >= 15 is 0 Å². The average Bonchev–Trinajstić information content (AvgIpc) is 3.05. The molecule has 0 unspecified atom stereocenters. The van der Waals surface area contributed by atoms with Crippen LogP contribution in [0.1, 0.15) is 33.6 Å². The SMILES string of the molecule is CCCC(C)(C)n1ccnc1-n1cc2ccccc2n1. The van der Waals surface area contributed by atoms with Crippen molar-refractivity contribution in [2.45, 2.75) is 39.2 Å². The van der Waals surface area contributed by atoms with Crippen molar-refractivity contribution in [3.05, 3.63) is 42.9 Å². The highest BCUT2D eigenvalue weighted by Gasteiger charge is 2.22. The van der Waals surface area contributed by atoms with Gasteiger partial charge in [0.25, 0.3) is 0 Å². The third kappa shape index (κ3) is 2.11. The molecule has 0 aliphatic heterocycles. The summed E-state index contributed by atoms with van der Waals surface area (Å²) < 4.78 is 4.09. The molecular formula is C16H20N4. The van der Waals surface area contributed by atoms with Crippen LogP contribution in [-0.2, 0) is 5.54 Å². The van der Waals surface area contributed by atoms with Gasteiger partial charge in [-0.25, -0.2) is 9.67 Å². The molecule has 4 nitrogen and oxygen atoms in total. The van der Waals surface area contributed by atoms with Crippen molar-refractivity contribution in [1.29, 1.82) is 0 Å². The molecule has 0 spiro atoms. The first-order valence-electron chi connectivity index (χ1n) is 7.10. The van der Waals surface area contributed by atoms with Gasteiger partial charge in [-0.2, -0.15) is 5.10 Å². The Labute approximate surface area is 119 Å².